The van der Waals surface area contributed by atoms with Crippen molar-refractivity contribution in [3.63, 3.8) is 0 Å². The Hall–Kier alpha value is -2.59. The van der Waals surface area contributed by atoms with Crippen LogP contribution < -0.4 is 10.1 Å². The number of carboxylic acids is 1. The number of aliphatic carboxylic acids is 1. The molecule has 0 aliphatic carbocycles. The van der Waals surface area contributed by atoms with Crippen LogP contribution in [0.5, 0.6) is 5.75 Å². The molecule has 1 amide bonds. The molecule has 0 aliphatic rings. The number of ether oxygens (including phenoxy) is 1. The summed E-state index contributed by atoms with van der Waals surface area (Å²) in [6, 6.07) is 4.79. The second-order valence-electron chi connectivity index (χ2n) is 7.86. The number of hydrogen-bond acceptors (Lipinski definition) is 4. The molecule has 0 radical (unpaired) electrons. The highest BCUT2D eigenvalue weighted by atomic mass is 28.3. The third kappa shape index (κ3) is 6.91. The summed E-state index contributed by atoms with van der Waals surface area (Å²) >= 11 is 0. The summed E-state index contributed by atoms with van der Waals surface area (Å²) in [6.07, 6.45) is 0.0408. The van der Waals surface area contributed by atoms with Crippen LogP contribution in [0, 0.1) is 11.5 Å². The fourth-order valence-corrected chi connectivity index (χ4v) is 2.76. The van der Waals surface area contributed by atoms with Crippen LogP contribution in [0.25, 0.3) is 0 Å². The molecule has 0 saturated carbocycles. The number of esters is 1. The summed E-state index contributed by atoms with van der Waals surface area (Å²) in [5.41, 5.74) is 3.52. The zero-order valence-electron chi connectivity index (χ0n) is 16.7. The van der Waals surface area contributed by atoms with E-state index in [9.17, 15) is 19.5 Å². The van der Waals surface area contributed by atoms with Crippen molar-refractivity contribution in [3.8, 4) is 17.2 Å². The SMILES string of the molecule is CC(=O)Oc1ccc(C(=O)N[C@@H](CC#C[Si](C)(C)C(C)(C)C)C(=O)O)cc1. The van der Waals surface area contributed by atoms with Gasteiger partial charge in [0.1, 0.15) is 19.9 Å². The molecule has 1 rings (SSSR count). The second-order valence-corrected chi connectivity index (χ2v) is 12.9. The maximum Gasteiger partial charge on any atom is 0.327 e. The van der Waals surface area contributed by atoms with E-state index < -0.39 is 32.0 Å². The summed E-state index contributed by atoms with van der Waals surface area (Å²) in [5, 5.41) is 11.9. The first-order valence-electron chi connectivity index (χ1n) is 8.65. The molecule has 0 unspecified atom stereocenters. The first-order valence-corrected chi connectivity index (χ1v) is 11.7. The van der Waals surface area contributed by atoms with E-state index in [1.54, 1.807) is 0 Å². The van der Waals surface area contributed by atoms with Gasteiger partial charge in [0.15, 0.2) is 0 Å². The standard InChI is InChI=1S/C20H27NO5Si/c1-14(22)26-16-11-9-15(10-12-16)18(23)21-17(19(24)25)8-7-13-27(5,6)20(2,3)4/h9-12,17H,8H2,1-6H3,(H,21,23)(H,24,25)/t17-/m0/s1. The van der Waals surface area contributed by atoms with Gasteiger partial charge in [0.05, 0.1) is 0 Å². The Morgan fingerprint density at radius 1 is 1.19 bits per heavy atom. The molecular formula is C20H27NO5Si. The first-order chi connectivity index (χ1) is 12.3. The highest BCUT2D eigenvalue weighted by molar-refractivity contribution is 6.87. The van der Waals surface area contributed by atoms with E-state index in [0.717, 1.165) is 0 Å². The van der Waals surface area contributed by atoms with E-state index >= 15 is 0 Å². The second kappa shape index (κ2) is 8.87. The summed E-state index contributed by atoms with van der Waals surface area (Å²) < 4.78 is 4.90. The van der Waals surface area contributed by atoms with E-state index in [4.69, 9.17) is 4.74 Å². The fourth-order valence-electron chi connectivity index (χ4n) is 1.84. The first kappa shape index (κ1) is 22.4. The van der Waals surface area contributed by atoms with Gasteiger partial charge in [-0.25, -0.2) is 4.79 Å². The number of rotatable bonds is 5. The van der Waals surface area contributed by atoms with Crippen LogP contribution in [-0.2, 0) is 9.59 Å². The van der Waals surface area contributed by atoms with E-state index in [1.807, 2.05) is 0 Å². The number of benzene rings is 1. The minimum absolute atomic E-state index is 0.0408. The molecule has 146 valence electrons. The minimum Gasteiger partial charge on any atom is -0.480 e. The molecule has 1 atom stereocenters. The van der Waals surface area contributed by atoms with Crippen LogP contribution in [-0.4, -0.2) is 37.1 Å². The van der Waals surface area contributed by atoms with Gasteiger partial charge < -0.3 is 15.2 Å². The molecule has 0 heterocycles. The Balaban J connectivity index is 2.82. The lowest BCUT2D eigenvalue weighted by Crippen LogP contribution is -2.41. The van der Waals surface area contributed by atoms with Crippen molar-refractivity contribution in [2.75, 3.05) is 0 Å². The third-order valence-electron chi connectivity index (χ3n) is 4.56. The Morgan fingerprint density at radius 2 is 1.74 bits per heavy atom. The van der Waals surface area contributed by atoms with Gasteiger partial charge in [-0.1, -0.05) is 33.9 Å². The van der Waals surface area contributed by atoms with Gasteiger partial charge in [-0.3, -0.25) is 9.59 Å². The molecule has 0 spiro atoms. The predicted molar refractivity (Wildman–Crippen MR) is 106 cm³/mol. The Bertz CT molecular complexity index is 766. The monoisotopic (exact) mass is 389 g/mol. The predicted octanol–water partition coefficient (Wildman–Crippen LogP) is 3.24. The van der Waals surface area contributed by atoms with Gasteiger partial charge in [0, 0.05) is 18.9 Å². The molecule has 0 aromatic heterocycles. The van der Waals surface area contributed by atoms with Crippen LogP contribution in [0.15, 0.2) is 24.3 Å². The molecule has 0 bridgehead atoms. The van der Waals surface area contributed by atoms with Gasteiger partial charge in [0.2, 0.25) is 0 Å². The molecule has 2 N–H and O–H groups in total. The van der Waals surface area contributed by atoms with Crippen LogP contribution in [0.3, 0.4) is 0 Å². The number of nitrogens with one attached hydrogen (secondary N) is 1. The van der Waals surface area contributed by atoms with E-state index in [-0.39, 0.29) is 17.0 Å². The molecule has 1 aromatic carbocycles. The van der Waals surface area contributed by atoms with Crippen LogP contribution in [0.1, 0.15) is 44.5 Å². The van der Waals surface area contributed by atoms with E-state index in [1.165, 1.54) is 31.2 Å². The van der Waals surface area contributed by atoms with E-state index in [0.29, 0.717) is 5.75 Å². The summed E-state index contributed by atoms with van der Waals surface area (Å²) in [7, 11) is -1.84. The van der Waals surface area contributed by atoms with Crippen molar-refractivity contribution in [2.24, 2.45) is 0 Å². The smallest absolute Gasteiger partial charge is 0.327 e. The molecular weight excluding hydrogens is 362 g/mol. The van der Waals surface area contributed by atoms with Gasteiger partial charge in [0.25, 0.3) is 5.91 Å². The number of amides is 1. The Kier molecular flexibility index (Phi) is 7.37. The van der Waals surface area contributed by atoms with Crippen molar-refractivity contribution in [1.82, 2.24) is 5.32 Å². The largest absolute Gasteiger partial charge is 0.480 e. The van der Waals surface area contributed by atoms with Crippen LogP contribution >= 0.6 is 0 Å². The van der Waals surface area contributed by atoms with Gasteiger partial charge >= 0.3 is 11.9 Å². The summed E-state index contributed by atoms with van der Waals surface area (Å²) in [4.78, 5) is 34.7. The quantitative estimate of drug-likeness (QED) is 0.349. The fraction of sp³-hybridized carbons (Fsp3) is 0.450. The lowest BCUT2D eigenvalue weighted by molar-refractivity contribution is -0.139. The summed E-state index contributed by atoms with van der Waals surface area (Å²) in [5.74, 6) is 1.16. The van der Waals surface area contributed by atoms with Crippen LogP contribution in [0.2, 0.25) is 18.1 Å². The summed E-state index contributed by atoms with van der Waals surface area (Å²) in [6.45, 7) is 11.9. The molecule has 0 aliphatic heterocycles. The average molecular weight is 390 g/mol. The molecule has 1 aromatic rings. The zero-order valence-corrected chi connectivity index (χ0v) is 17.7. The van der Waals surface area contributed by atoms with Crippen molar-refractivity contribution in [3.05, 3.63) is 29.8 Å². The van der Waals surface area contributed by atoms with Gasteiger partial charge in [-0.2, -0.15) is 0 Å². The minimum atomic E-state index is -1.84. The zero-order chi connectivity index (χ0) is 20.8. The van der Waals surface area contributed by atoms with Crippen LogP contribution in [0.4, 0.5) is 0 Å². The molecule has 6 nitrogen and oxygen atoms in total. The molecule has 0 fully saturated rings. The maximum absolute atomic E-state index is 12.3. The molecule has 7 heteroatoms. The van der Waals surface area contributed by atoms with Gasteiger partial charge in [-0.05, 0) is 29.3 Å². The highest BCUT2D eigenvalue weighted by Gasteiger charge is 2.33. The number of carbonyl (C=O) groups excluding carboxylic acids is 2. The number of hydrogen-bond donors (Lipinski definition) is 2. The Morgan fingerprint density at radius 3 is 2.19 bits per heavy atom. The number of carboxylic acid groups (broad SMARTS) is 1. The van der Waals surface area contributed by atoms with E-state index in [2.05, 4.69) is 50.6 Å². The topological polar surface area (TPSA) is 92.7 Å². The highest BCUT2D eigenvalue weighted by Crippen LogP contribution is 2.35. The lowest BCUT2D eigenvalue weighted by atomic mass is 10.1. The molecule has 27 heavy (non-hydrogen) atoms. The van der Waals surface area contributed by atoms with Gasteiger partial charge in [-0.15, -0.1) is 11.5 Å². The Labute approximate surface area is 161 Å². The van der Waals surface area contributed by atoms with Crippen molar-refractivity contribution < 1.29 is 24.2 Å². The normalized spacial score (nSPS) is 12.4. The lowest BCUT2D eigenvalue weighted by Gasteiger charge is -2.31. The third-order valence-corrected chi connectivity index (χ3v) is 9.12. The molecule has 0 saturated heterocycles. The number of carbonyl (C=O) groups is 3. The average Bonchev–Trinajstić information content (AvgIpc) is 2.52. The van der Waals surface area contributed by atoms with Crippen molar-refractivity contribution in [1.29, 1.82) is 0 Å². The maximum atomic E-state index is 12.3. The van der Waals surface area contributed by atoms with Crippen molar-refractivity contribution in [2.45, 2.75) is 58.3 Å². The van der Waals surface area contributed by atoms with Crippen molar-refractivity contribution >= 4 is 25.9 Å².